The van der Waals surface area contributed by atoms with E-state index in [1.165, 1.54) is 18.9 Å². The molecular formula is C8H12N4O3. The summed E-state index contributed by atoms with van der Waals surface area (Å²) < 4.78 is 4.57. The third kappa shape index (κ3) is 2.38. The van der Waals surface area contributed by atoms with Crippen LogP contribution in [0, 0.1) is 0 Å². The topological polar surface area (TPSA) is 95.4 Å². The van der Waals surface area contributed by atoms with Gasteiger partial charge in [0.05, 0.1) is 13.2 Å². The van der Waals surface area contributed by atoms with Crippen LogP contribution in [0.25, 0.3) is 10.4 Å². The molecule has 15 heavy (non-hydrogen) atoms. The number of carbonyl (C=O) groups excluding carboxylic acids is 2. The second-order valence-corrected chi connectivity index (χ2v) is 3.30. The molecule has 0 spiro atoms. The SMILES string of the molecule is COC(=O)[C@@H]1C[C@@H](N=[N+]=[N-])CN1C(C)=O. The second kappa shape index (κ2) is 4.65. The molecule has 0 saturated carbocycles. The molecule has 1 rings (SSSR count). The van der Waals surface area contributed by atoms with Gasteiger partial charge in [-0.3, -0.25) is 4.79 Å². The van der Waals surface area contributed by atoms with Crippen LogP contribution in [0.2, 0.25) is 0 Å². The molecule has 0 aromatic rings. The van der Waals surface area contributed by atoms with Gasteiger partial charge >= 0.3 is 5.97 Å². The minimum absolute atomic E-state index is 0.221. The van der Waals surface area contributed by atoms with Crippen LogP contribution < -0.4 is 0 Å². The van der Waals surface area contributed by atoms with Crippen molar-refractivity contribution < 1.29 is 14.3 Å². The first kappa shape index (κ1) is 11.3. The lowest BCUT2D eigenvalue weighted by Gasteiger charge is -2.20. The average Bonchev–Trinajstić information content (AvgIpc) is 2.61. The van der Waals surface area contributed by atoms with Gasteiger partial charge in [0.2, 0.25) is 5.91 Å². The van der Waals surface area contributed by atoms with E-state index in [0.29, 0.717) is 6.42 Å². The maximum absolute atomic E-state index is 11.3. The van der Waals surface area contributed by atoms with Gasteiger partial charge in [0.25, 0.3) is 0 Å². The Morgan fingerprint density at radius 2 is 2.27 bits per heavy atom. The number of rotatable bonds is 2. The Bertz CT molecular complexity index is 324. The van der Waals surface area contributed by atoms with Gasteiger partial charge in [0, 0.05) is 18.4 Å². The van der Waals surface area contributed by atoms with E-state index in [1.807, 2.05) is 0 Å². The maximum atomic E-state index is 11.3. The van der Waals surface area contributed by atoms with Gasteiger partial charge in [-0.05, 0) is 12.0 Å². The number of likely N-dealkylation sites (tertiary alicyclic amines) is 1. The van der Waals surface area contributed by atoms with Crippen LogP contribution in [0.3, 0.4) is 0 Å². The molecular weight excluding hydrogens is 200 g/mol. The Hall–Kier alpha value is -1.75. The van der Waals surface area contributed by atoms with E-state index in [0.717, 1.165) is 0 Å². The number of carbonyl (C=O) groups is 2. The van der Waals surface area contributed by atoms with Crippen molar-refractivity contribution in [2.75, 3.05) is 13.7 Å². The summed E-state index contributed by atoms with van der Waals surface area (Å²) >= 11 is 0. The summed E-state index contributed by atoms with van der Waals surface area (Å²) in [5.41, 5.74) is 8.27. The van der Waals surface area contributed by atoms with Gasteiger partial charge in [0.1, 0.15) is 6.04 Å². The molecule has 1 aliphatic heterocycles. The minimum atomic E-state index is -0.622. The Balaban J connectivity index is 2.80. The monoisotopic (exact) mass is 212 g/mol. The van der Waals surface area contributed by atoms with E-state index in [4.69, 9.17) is 5.53 Å². The summed E-state index contributed by atoms with van der Waals surface area (Å²) in [5.74, 6) is -0.693. The lowest BCUT2D eigenvalue weighted by Crippen LogP contribution is -2.39. The molecule has 0 bridgehead atoms. The Labute approximate surface area is 86.6 Å². The van der Waals surface area contributed by atoms with Crippen molar-refractivity contribution in [3.63, 3.8) is 0 Å². The Morgan fingerprint density at radius 3 is 2.73 bits per heavy atom. The molecule has 82 valence electrons. The first-order valence-corrected chi connectivity index (χ1v) is 4.49. The molecule has 0 aromatic heterocycles. The zero-order chi connectivity index (χ0) is 11.4. The number of amides is 1. The van der Waals surface area contributed by atoms with Crippen LogP contribution in [0.15, 0.2) is 5.11 Å². The number of hydrogen-bond donors (Lipinski definition) is 0. The number of azide groups is 1. The van der Waals surface area contributed by atoms with E-state index in [-0.39, 0.29) is 18.5 Å². The summed E-state index contributed by atoms with van der Waals surface area (Å²) in [6.45, 7) is 1.65. The van der Waals surface area contributed by atoms with Crippen molar-refractivity contribution in [1.29, 1.82) is 0 Å². The summed E-state index contributed by atoms with van der Waals surface area (Å²) in [6, 6.07) is -0.967. The normalized spacial score (nSPS) is 24.5. The lowest BCUT2D eigenvalue weighted by molar-refractivity contribution is -0.150. The smallest absolute Gasteiger partial charge is 0.328 e. The third-order valence-electron chi connectivity index (χ3n) is 2.37. The molecule has 0 unspecified atom stereocenters. The molecule has 7 heteroatoms. The van der Waals surface area contributed by atoms with Crippen molar-refractivity contribution in [1.82, 2.24) is 4.90 Å². The molecule has 1 aliphatic rings. The molecule has 7 nitrogen and oxygen atoms in total. The van der Waals surface area contributed by atoms with Crippen LogP contribution in [0.5, 0.6) is 0 Å². The average molecular weight is 212 g/mol. The number of methoxy groups -OCH3 is 1. The van der Waals surface area contributed by atoms with E-state index in [1.54, 1.807) is 0 Å². The number of esters is 1. The Kier molecular flexibility index (Phi) is 3.51. The maximum Gasteiger partial charge on any atom is 0.328 e. The van der Waals surface area contributed by atoms with Crippen molar-refractivity contribution in [2.24, 2.45) is 5.11 Å². The molecule has 0 N–H and O–H groups in total. The highest BCUT2D eigenvalue weighted by molar-refractivity contribution is 5.84. The fourth-order valence-electron chi connectivity index (χ4n) is 1.68. The van der Waals surface area contributed by atoms with Crippen LogP contribution in [0.1, 0.15) is 13.3 Å². The molecule has 1 amide bonds. The number of nitrogens with zero attached hydrogens (tertiary/aromatic N) is 4. The summed E-state index contributed by atoms with van der Waals surface area (Å²) in [4.78, 5) is 26.6. The predicted octanol–water partition coefficient (Wildman–Crippen LogP) is 0.459. The molecule has 0 aromatic carbocycles. The fraction of sp³-hybridized carbons (Fsp3) is 0.750. The van der Waals surface area contributed by atoms with Crippen molar-refractivity contribution in [3.8, 4) is 0 Å². The predicted molar refractivity (Wildman–Crippen MR) is 50.7 cm³/mol. The molecule has 1 heterocycles. The van der Waals surface area contributed by atoms with E-state index in [2.05, 4.69) is 14.8 Å². The highest BCUT2D eigenvalue weighted by atomic mass is 16.5. The van der Waals surface area contributed by atoms with Crippen molar-refractivity contribution in [2.45, 2.75) is 25.4 Å². The highest BCUT2D eigenvalue weighted by Gasteiger charge is 2.38. The molecule has 0 aliphatic carbocycles. The summed E-state index contributed by atoms with van der Waals surface area (Å²) in [7, 11) is 1.27. The molecule has 1 saturated heterocycles. The Morgan fingerprint density at radius 1 is 1.60 bits per heavy atom. The zero-order valence-electron chi connectivity index (χ0n) is 8.58. The van der Waals surface area contributed by atoms with Gasteiger partial charge in [-0.25, -0.2) is 4.79 Å². The second-order valence-electron chi connectivity index (χ2n) is 3.30. The van der Waals surface area contributed by atoms with Crippen molar-refractivity contribution >= 4 is 11.9 Å². The number of hydrogen-bond acceptors (Lipinski definition) is 4. The number of ether oxygens (including phenoxy) is 1. The van der Waals surface area contributed by atoms with Crippen LogP contribution >= 0.6 is 0 Å². The first-order valence-electron chi connectivity index (χ1n) is 4.49. The van der Waals surface area contributed by atoms with Crippen LogP contribution in [0.4, 0.5) is 0 Å². The van der Waals surface area contributed by atoms with Crippen LogP contribution in [-0.2, 0) is 14.3 Å². The quantitative estimate of drug-likeness (QED) is 0.288. The summed E-state index contributed by atoms with van der Waals surface area (Å²) in [5, 5.41) is 3.50. The minimum Gasteiger partial charge on any atom is -0.467 e. The fourth-order valence-corrected chi connectivity index (χ4v) is 1.68. The first-order chi connectivity index (χ1) is 7.10. The van der Waals surface area contributed by atoms with E-state index >= 15 is 0 Å². The molecule has 1 fully saturated rings. The van der Waals surface area contributed by atoms with E-state index < -0.39 is 12.0 Å². The third-order valence-corrected chi connectivity index (χ3v) is 2.37. The summed E-state index contributed by atoms with van der Waals surface area (Å²) in [6.07, 6.45) is 0.330. The lowest BCUT2D eigenvalue weighted by atomic mass is 10.2. The largest absolute Gasteiger partial charge is 0.467 e. The molecule has 0 radical (unpaired) electrons. The van der Waals surface area contributed by atoms with Gasteiger partial charge in [0.15, 0.2) is 0 Å². The van der Waals surface area contributed by atoms with Gasteiger partial charge in [-0.1, -0.05) is 5.11 Å². The van der Waals surface area contributed by atoms with Gasteiger partial charge < -0.3 is 9.64 Å². The molecule has 2 atom stereocenters. The van der Waals surface area contributed by atoms with Gasteiger partial charge in [-0.2, -0.15) is 0 Å². The van der Waals surface area contributed by atoms with Crippen molar-refractivity contribution in [3.05, 3.63) is 10.4 Å². The standard InChI is InChI=1S/C8H12N4O3/c1-5(13)12-4-6(10-11-9)3-7(12)8(14)15-2/h6-7H,3-4H2,1-2H3/t6-,7+/m1/s1. The van der Waals surface area contributed by atoms with Crippen LogP contribution in [-0.4, -0.2) is 42.5 Å². The highest BCUT2D eigenvalue weighted by Crippen LogP contribution is 2.21. The van der Waals surface area contributed by atoms with E-state index in [9.17, 15) is 9.59 Å². The zero-order valence-corrected chi connectivity index (χ0v) is 8.58. The van der Waals surface area contributed by atoms with Gasteiger partial charge in [-0.15, -0.1) is 0 Å².